The minimum atomic E-state index is -0.983. The van der Waals surface area contributed by atoms with Crippen molar-refractivity contribution in [1.82, 2.24) is 10.6 Å². The molecule has 1 aliphatic rings. The molecule has 0 saturated heterocycles. The second-order valence-corrected chi connectivity index (χ2v) is 5.77. The van der Waals surface area contributed by atoms with Gasteiger partial charge in [0, 0.05) is 23.4 Å². The van der Waals surface area contributed by atoms with Crippen LogP contribution in [0.5, 0.6) is 11.5 Å². The SMILES string of the molecule is CCOC(=O)C1=C(C)NC(=O)NC1c1cc([N+](=O)[O-])c(OCC)cc1OCC. The molecular weight excluding hydrogens is 370 g/mol. The van der Waals surface area contributed by atoms with Gasteiger partial charge in [0.15, 0.2) is 0 Å². The summed E-state index contributed by atoms with van der Waals surface area (Å²) in [6.07, 6.45) is 0. The summed E-state index contributed by atoms with van der Waals surface area (Å²) in [4.78, 5) is 35.5. The van der Waals surface area contributed by atoms with Gasteiger partial charge in [0.2, 0.25) is 5.75 Å². The molecule has 2 N–H and O–H groups in total. The van der Waals surface area contributed by atoms with Gasteiger partial charge in [-0.05, 0) is 27.7 Å². The maximum absolute atomic E-state index is 12.5. The number of rotatable bonds is 8. The topological polar surface area (TPSA) is 129 Å². The summed E-state index contributed by atoms with van der Waals surface area (Å²) in [5, 5.41) is 16.7. The van der Waals surface area contributed by atoms with Gasteiger partial charge in [-0.25, -0.2) is 9.59 Å². The van der Waals surface area contributed by atoms with Crippen molar-refractivity contribution in [1.29, 1.82) is 0 Å². The Bertz CT molecular complexity index is 820. The normalized spacial score (nSPS) is 16.1. The Balaban J connectivity index is 2.69. The Kier molecular flexibility index (Phi) is 6.80. The van der Waals surface area contributed by atoms with E-state index in [-0.39, 0.29) is 48.1 Å². The van der Waals surface area contributed by atoms with Gasteiger partial charge in [0.1, 0.15) is 5.75 Å². The van der Waals surface area contributed by atoms with Gasteiger partial charge in [-0.15, -0.1) is 0 Å². The quantitative estimate of drug-likeness (QED) is 0.394. The van der Waals surface area contributed by atoms with Crippen molar-refractivity contribution in [3.05, 3.63) is 39.1 Å². The summed E-state index contributed by atoms with van der Waals surface area (Å²) in [6.45, 7) is 7.30. The molecule has 0 radical (unpaired) electrons. The second-order valence-electron chi connectivity index (χ2n) is 5.77. The van der Waals surface area contributed by atoms with E-state index in [9.17, 15) is 19.7 Å². The van der Waals surface area contributed by atoms with E-state index < -0.39 is 23.0 Å². The highest BCUT2D eigenvalue weighted by atomic mass is 16.6. The van der Waals surface area contributed by atoms with E-state index in [1.807, 2.05) is 0 Å². The van der Waals surface area contributed by atoms with Gasteiger partial charge < -0.3 is 24.8 Å². The number of nitro groups is 1. The Morgan fingerprint density at radius 3 is 2.36 bits per heavy atom. The lowest BCUT2D eigenvalue weighted by molar-refractivity contribution is -0.385. The number of hydrogen-bond donors (Lipinski definition) is 2. The largest absolute Gasteiger partial charge is 0.493 e. The number of hydrogen-bond acceptors (Lipinski definition) is 7. The van der Waals surface area contributed by atoms with Crippen molar-refractivity contribution < 1.29 is 28.7 Å². The van der Waals surface area contributed by atoms with Crippen LogP contribution in [0.3, 0.4) is 0 Å². The molecule has 10 nitrogen and oxygen atoms in total. The molecule has 0 spiro atoms. The molecule has 0 fully saturated rings. The van der Waals surface area contributed by atoms with E-state index in [4.69, 9.17) is 14.2 Å². The first kappa shape index (κ1) is 21.0. The van der Waals surface area contributed by atoms with E-state index in [1.54, 1.807) is 27.7 Å². The number of urea groups is 1. The van der Waals surface area contributed by atoms with Gasteiger partial charge in [0.25, 0.3) is 0 Å². The van der Waals surface area contributed by atoms with Crippen molar-refractivity contribution >= 4 is 17.7 Å². The second kappa shape index (κ2) is 9.07. The van der Waals surface area contributed by atoms with Crippen molar-refractivity contribution in [2.45, 2.75) is 33.7 Å². The van der Waals surface area contributed by atoms with E-state index in [1.165, 1.54) is 12.1 Å². The van der Waals surface area contributed by atoms with Crippen LogP contribution in [0, 0.1) is 10.1 Å². The Morgan fingerprint density at radius 1 is 1.14 bits per heavy atom. The van der Waals surface area contributed by atoms with Crippen molar-refractivity contribution in [3.8, 4) is 11.5 Å². The van der Waals surface area contributed by atoms with Crippen LogP contribution in [0.15, 0.2) is 23.4 Å². The maximum Gasteiger partial charge on any atom is 0.338 e. The van der Waals surface area contributed by atoms with Gasteiger partial charge in [-0.2, -0.15) is 0 Å². The van der Waals surface area contributed by atoms with E-state index >= 15 is 0 Å². The summed E-state index contributed by atoms with van der Waals surface area (Å²) >= 11 is 0. The molecule has 28 heavy (non-hydrogen) atoms. The first-order valence-electron chi connectivity index (χ1n) is 8.87. The summed E-state index contributed by atoms with van der Waals surface area (Å²) in [5.74, 6) is -0.340. The van der Waals surface area contributed by atoms with E-state index in [2.05, 4.69) is 10.6 Å². The highest BCUT2D eigenvalue weighted by Crippen LogP contribution is 2.41. The highest BCUT2D eigenvalue weighted by Gasteiger charge is 2.36. The maximum atomic E-state index is 12.5. The number of nitrogens with zero attached hydrogens (tertiary/aromatic N) is 1. The van der Waals surface area contributed by atoms with Crippen LogP contribution in [0.4, 0.5) is 10.5 Å². The highest BCUT2D eigenvalue weighted by molar-refractivity contribution is 5.95. The van der Waals surface area contributed by atoms with Gasteiger partial charge in [-0.3, -0.25) is 10.1 Å². The minimum absolute atomic E-state index is 0.0401. The summed E-state index contributed by atoms with van der Waals surface area (Å²) in [7, 11) is 0. The third-order valence-corrected chi connectivity index (χ3v) is 3.96. The fourth-order valence-corrected chi connectivity index (χ4v) is 2.89. The molecule has 0 bridgehead atoms. The minimum Gasteiger partial charge on any atom is -0.493 e. The predicted molar refractivity (Wildman–Crippen MR) is 99.2 cm³/mol. The van der Waals surface area contributed by atoms with Crippen LogP contribution in [0.2, 0.25) is 0 Å². The van der Waals surface area contributed by atoms with Gasteiger partial charge >= 0.3 is 17.7 Å². The lowest BCUT2D eigenvalue weighted by Gasteiger charge is -2.29. The number of allylic oxidation sites excluding steroid dienone is 1. The zero-order valence-electron chi connectivity index (χ0n) is 16.2. The van der Waals surface area contributed by atoms with Gasteiger partial charge in [0.05, 0.1) is 36.4 Å². The number of esters is 1. The van der Waals surface area contributed by atoms with Crippen LogP contribution in [0.1, 0.15) is 39.3 Å². The number of ether oxygens (including phenoxy) is 3. The third kappa shape index (κ3) is 4.33. The molecule has 0 aliphatic carbocycles. The van der Waals surface area contributed by atoms with Crippen LogP contribution in [0.25, 0.3) is 0 Å². The molecule has 1 atom stereocenters. The number of nitro benzene ring substituents is 1. The smallest absolute Gasteiger partial charge is 0.338 e. The first-order valence-corrected chi connectivity index (χ1v) is 8.87. The van der Waals surface area contributed by atoms with E-state index in [0.29, 0.717) is 5.70 Å². The van der Waals surface area contributed by atoms with Crippen LogP contribution >= 0.6 is 0 Å². The molecule has 0 aromatic heterocycles. The van der Waals surface area contributed by atoms with E-state index in [0.717, 1.165) is 0 Å². The summed E-state index contributed by atoms with van der Waals surface area (Å²) < 4.78 is 16.1. The average molecular weight is 393 g/mol. The van der Waals surface area contributed by atoms with Crippen molar-refractivity contribution in [3.63, 3.8) is 0 Å². The summed E-state index contributed by atoms with van der Waals surface area (Å²) in [6, 6.07) is 1.11. The predicted octanol–water partition coefficient (Wildman–Crippen LogP) is 2.58. The molecule has 1 heterocycles. The molecule has 1 aromatic rings. The number of carbonyl (C=O) groups excluding carboxylic acids is 2. The summed E-state index contributed by atoms with van der Waals surface area (Å²) in [5.41, 5.74) is 0.398. The Hall–Kier alpha value is -3.30. The molecule has 2 rings (SSSR count). The van der Waals surface area contributed by atoms with Crippen LogP contribution in [-0.2, 0) is 9.53 Å². The molecule has 2 amide bonds. The molecule has 0 saturated carbocycles. The molecule has 1 unspecified atom stereocenters. The monoisotopic (exact) mass is 393 g/mol. The fraction of sp³-hybridized carbons (Fsp3) is 0.444. The lowest BCUT2D eigenvalue weighted by Crippen LogP contribution is -2.45. The molecule has 10 heteroatoms. The standard InChI is InChI=1S/C18H23N3O7/c1-5-26-13-9-14(27-6-2)12(21(24)25)8-11(13)16-15(17(22)28-7-3)10(4)19-18(23)20-16/h8-9,16H,5-7H2,1-4H3,(H2,19,20,23). The number of nitrogens with one attached hydrogen (secondary N) is 2. The zero-order valence-corrected chi connectivity index (χ0v) is 16.2. The number of carbonyl (C=O) groups is 2. The molecule has 152 valence electrons. The third-order valence-electron chi connectivity index (χ3n) is 3.96. The molecular formula is C18H23N3O7. The zero-order chi connectivity index (χ0) is 20.8. The fourth-order valence-electron chi connectivity index (χ4n) is 2.89. The Labute approximate surface area is 162 Å². The lowest BCUT2D eigenvalue weighted by atomic mass is 9.94. The van der Waals surface area contributed by atoms with Crippen LogP contribution < -0.4 is 20.1 Å². The Morgan fingerprint density at radius 2 is 1.79 bits per heavy atom. The van der Waals surface area contributed by atoms with Crippen LogP contribution in [-0.4, -0.2) is 36.7 Å². The molecule has 1 aliphatic heterocycles. The molecule has 1 aromatic carbocycles. The van der Waals surface area contributed by atoms with Crippen molar-refractivity contribution in [2.75, 3.05) is 19.8 Å². The van der Waals surface area contributed by atoms with Gasteiger partial charge in [-0.1, -0.05) is 0 Å². The average Bonchev–Trinajstić information content (AvgIpc) is 2.61. The first-order chi connectivity index (χ1) is 13.3. The van der Waals surface area contributed by atoms with Crippen molar-refractivity contribution in [2.24, 2.45) is 0 Å². The number of benzene rings is 1. The number of amides is 2.